The van der Waals surface area contributed by atoms with E-state index in [1.54, 1.807) is 11.0 Å². The average molecular weight is 341 g/mol. The van der Waals surface area contributed by atoms with Gasteiger partial charge in [-0.1, -0.05) is 26.0 Å². The lowest BCUT2D eigenvalue weighted by Crippen LogP contribution is -2.51. The van der Waals surface area contributed by atoms with Crippen LogP contribution in [0.2, 0.25) is 0 Å². The number of piperazine rings is 1. The van der Waals surface area contributed by atoms with Crippen LogP contribution in [-0.4, -0.2) is 62.6 Å². The fraction of sp³-hybridized carbons (Fsp3) is 0.444. The zero-order valence-corrected chi connectivity index (χ0v) is 14.6. The van der Waals surface area contributed by atoms with Crippen LogP contribution in [0.25, 0.3) is 0 Å². The number of benzene rings is 1. The molecule has 7 nitrogen and oxygen atoms in total. The molecule has 2 heterocycles. The molecule has 0 radical (unpaired) electrons. The van der Waals surface area contributed by atoms with Crippen molar-refractivity contribution in [3.05, 3.63) is 48.0 Å². The van der Waals surface area contributed by atoms with Crippen LogP contribution in [0.3, 0.4) is 0 Å². The van der Waals surface area contributed by atoms with Gasteiger partial charge in [0.05, 0.1) is 6.54 Å². The maximum absolute atomic E-state index is 12.6. The number of nitrogens with zero attached hydrogens (tertiary/aromatic N) is 5. The third kappa shape index (κ3) is 4.04. The van der Waals surface area contributed by atoms with Crippen molar-refractivity contribution < 1.29 is 9.59 Å². The lowest BCUT2D eigenvalue weighted by molar-refractivity contribution is -0.135. The number of rotatable bonds is 4. The summed E-state index contributed by atoms with van der Waals surface area (Å²) in [5.74, 6) is 0.174. The van der Waals surface area contributed by atoms with Gasteiger partial charge in [-0.15, -0.1) is 0 Å². The Morgan fingerprint density at radius 2 is 1.68 bits per heavy atom. The van der Waals surface area contributed by atoms with Crippen molar-refractivity contribution >= 4 is 11.8 Å². The van der Waals surface area contributed by atoms with Gasteiger partial charge in [0.25, 0.3) is 5.91 Å². The highest BCUT2D eigenvalue weighted by atomic mass is 16.2. The smallest absolute Gasteiger partial charge is 0.253 e. The van der Waals surface area contributed by atoms with Gasteiger partial charge in [-0.3, -0.25) is 9.59 Å². The molecule has 132 valence electrons. The van der Waals surface area contributed by atoms with Crippen molar-refractivity contribution in [1.29, 1.82) is 0 Å². The maximum atomic E-state index is 12.6. The summed E-state index contributed by atoms with van der Waals surface area (Å²) in [4.78, 5) is 32.2. The first-order chi connectivity index (χ1) is 12.0. The summed E-state index contributed by atoms with van der Waals surface area (Å²) in [5.41, 5.74) is 1.74. The SMILES string of the molecule is CC(C)C(=O)N1CCN(C(=O)c2ccc(Cn3cncn3)cc2)CC1. The van der Waals surface area contributed by atoms with E-state index >= 15 is 0 Å². The minimum atomic E-state index is -0.000201. The van der Waals surface area contributed by atoms with Crippen molar-refractivity contribution in [3.63, 3.8) is 0 Å². The summed E-state index contributed by atoms with van der Waals surface area (Å²) < 4.78 is 1.74. The summed E-state index contributed by atoms with van der Waals surface area (Å²) in [5, 5.41) is 4.07. The second kappa shape index (κ2) is 7.46. The van der Waals surface area contributed by atoms with Crippen LogP contribution in [0.1, 0.15) is 29.8 Å². The summed E-state index contributed by atoms with van der Waals surface area (Å²) >= 11 is 0. The molecule has 0 bridgehead atoms. The summed E-state index contributed by atoms with van der Waals surface area (Å²) in [7, 11) is 0. The fourth-order valence-electron chi connectivity index (χ4n) is 2.93. The van der Waals surface area contributed by atoms with E-state index in [0.717, 1.165) is 5.56 Å². The van der Waals surface area contributed by atoms with E-state index in [1.165, 1.54) is 6.33 Å². The van der Waals surface area contributed by atoms with Crippen molar-refractivity contribution in [2.24, 2.45) is 5.92 Å². The number of carbonyl (C=O) groups is 2. The van der Waals surface area contributed by atoms with Crippen LogP contribution in [0.5, 0.6) is 0 Å². The van der Waals surface area contributed by atoms with Gasteiger partial charge in [-0.05, 0) is 17.7 Å². The lowest BCUT2D eigenvalue weighted by atomic mass is 10.1. The third-order valence-electron chi connectivity index (χ3n) is 4.38. The molecule has 1 saturated heterocycles. The molecule has 0 aliphatic carbocycles. The Balaban J connectivity index is 1.57. The molecule has 25 heavy (non-hydrogen) atoms. The molecular formula is C18H23N5O2. The summed E-state index contributed by atoms with van der Waals surface area (Å²) in [6, 6.07) is 7.57. The van der Waals surface area contributed by atoms with E-state index in [-0.39, 0.29) is 17.7 Å². The van der Waals surface area contributed by atoms with Gasteiger partial charge in [0.2, 0.25) is 5.91 Å². The highest BCUT2D eigenvalue weighted by Crippen LogP contribution is 2.12. The normalized spacial score (nSPS) is 14.8. The maximum Gasteiger partial charge on any atom is 0.253 e. The minimum absolute atomic E-state index is 0.000201. The molecular weight excluding hydrogens is 318 g/mol. The first-order valence-electron chi connectivity index (χ1n) is 8.54. The molecule has 0 N–H and O–H groups in total. The van der Waals surface area contributed by atoms with Crippen molar-refractivity contribution in [3.8, 4) is 0 Å². The van der Waals surface area contributed by atoms with Gasteiger partial charge in [0, 0.05) is 37.7 Å². The monoisotopic (exact) mass is 341 g/mol. The Kier molecular flexibility index (Phi) is 5.11. The van der Waals surface area contributed by atoms with E-state index < -0.39 is 0 Å². The molecule has 0 atom stereocenters. The molecule has 2 amide bonds. The largest absolute Gasteiger partial charge is 0.339 e. The van der Waals surface area contributed by atoms with E-state index in [1.807, 2.05) is 47.9 Å². The van der Waals surface area contributed by atoms with Crippen LogP contribution >= 0.6 is 0 Å². The highest BCUT2D eigenvalue weighted by molar-refractivity contribution is 5.94. The minimum Gasteiger partial charge on any atom is -0.339 e. The molecule has 1 fully saturated rings. The molecule has 1 aliphatic rings. The molecule has 0 spiro atoms. The van der Waals surface area contributed by atoms with Gasteiger partial charge in [-0.2, -0.15) is 5.10 Å². The Hall–Kier alpha value is -2.70. The van der Waals surface area contributed by atoms with Gasteiger partial charge in [-0.25, -0.2) is 9.67 Å². The number of aromatic nitrogens is 3. The van der Waals surface area contributed by atoms with Gasteiger partial charge < -0.3 is 9.80 Å². The standard InChI is InChI=1S/C18H23N5O2/c1-14(2)17(24)21-7-9-22(10-8-21)18(25)16-5-3-15(4-6-16)11-23-13-19-12-20-23/h3-6,12-14H,7-11H2,1-2H3. The van der Waals surface area contributed by atoms with E-state index in [2.05, 4.69) is 10.1 Å². The zero-order valence-electron chi connectivity index (χ0n) is 14.6. The Labute approximate surface area is 147 Å². The second-order valence-corrected chi connectivity index (χ2v) is 6.56. The second-order valence-electron chi connectivity index (χ2n) is 6.56. The number of amides is 2. The topological polar surface area (TPSA) is 71.3 Å². The third-order valence-corrected chi connectivity index (χ3v) is 4.38. The fourth-order valence-corrected chi connectivity index (χ4v) is 2.93. The molecule has 1 aromatic heterocycles. The molecule has 0 saturated carbocycles. The summed E-state index contributed by atoms with van der Waals surface area (Å²) in [6.07, 6.45) is 3.17. The van der Waals surface area contributed by atoms with E-state index in [0.29, 0.717) is 38.3 Å². The molecule has 2 aromatic rings. The van der Waals surface area contributed by atoms with Crippen LogP contribution in [0, 0.1) is 5.92 Å². The molecule has 1 aliphatic heterocycles. The molecule has 0 unspecified atom stereocenters. The van der Waals surface area contributed by atoms with Crippen molar-refractivity contribution in [2.75, 3.05) is 26.2 Å². The van der Waals surface area contributed by atoms with Crippen LogP contribution in [0.15, 0.2) is 36.9 Å². The number of hydrogen-bond donors (Lipinski definition) is 0. The Morgan fingerprint density at radius 1 is 1.04 bits per heavy atom. The highest BCUT2D eigenvalue weighted by Gasteiger charge is 2.25. The van der Waals surface area contributed by atoms with Gasteiger partial charge in [0.1, 0.15) is 12.7 Å². The predicted octanol–water partition coefficient (Wildman–Crippen LogP) is 1.27. The van der Waals surface area contributed by atoms with Crippen LogP contribution in [-0.2, 0) is 11.3 Å². The number of hydrogen-bond acceptors (Lipinski definition) is 4. The lowest BCUT2D eigenvalue weighted by Gasteiger charge is -2.35. The van der Waals surface area contributed by atoms with E-state index in [4.69, 9.17) is 0 Å². The molecule has 3 rings (SSSR count). The van der Waals surface area contributed by atoms with Crippen molar-refractivity contribution in [2.45, 2.75) is 20.4 Å². The van der Waals surface area contributed by atoms with E-state index in [9.17, 15) is 9.59 Å². The zero-order chi connectivity index (χ0) is 17.8. The number of carbonyl (C=O) groups excluding carboxylic acids is 2. The predicted molar refractivity (Wildman–Crippen MR) is 92.9 cm³/mol. The van der Waals surface area contributed by atoms with Gasteiger partial charge >= 0.3 is 0 Å². The average Bonchev–Trinajstić information content (AvgIpc) is 3.14. The van der Waals surface area contributed by atoms with Crippen LogP contribution < -0.4 is 0 Å². The first kappa shape index (κ1) is 17.1. The Morgan fingerprint density at radius 3 is 2.24 bits per heavy atom. The first-order valence-corrected chi connectivity index (χ1v) is 8.54. The Bertz CT molecular complexity index is 716. The van der Waals surface area contributed by atoms with Gasteiger partial charge in [0.15, 0.2) is 0 Å². The van der Waals surface area contributed by atoms with Crippen molar-refractivity contribution in [1.82, 2.24) is 24.6 Å². The van der Waals surface area contributed by atoms with Crippen LogP contribution in [0.4, 0.5) is 0 Å². The summed E-state index contributed by atoms with van der Waals surface area (Å²) in [6.45, 7) is 6.81. The molecule has 7 heteroatoms. The molecule has 1 aromatic carbocycles. The quantitative estimate of drug-likeness (QED) is 0.839.